The number of hydrogen-bond donors (Lipinski definition) is 0. The number of guanidine groups is 1. The lowest BCUT2D eigenvalue weighted by Crippen LogP contribution is -2.45. The van der Waals surface area contributed by atoms with Crippen molar-refractivity contribution < 1.29 is 0 Å². The average Bonchev–Trinajstić information content (AvgIpc) is 1.88. The highest BCUT2D eigenvalue weighted by Crippen LogP contribution is 1.92. The third-order valence-electron chi connectivity index (χ3n) is 1.49. The number of aliphatic imine (C=N–C) groups is 1. The zero-order valence-electron chi connectivity index (χ0n) is 8.29. The molecule has 0 rings (SSSR count). The van der Waals surface area contributed by atoms with E-state index in [1.54, 1.807) is 7.05 Å². The largest absolute Gasteiger partial charge is 0.348 e. The molecule has 0 bridgehead atoms. The van der Waals surface area contributed by atoms with Crippen molar-refractivity contribution in [2.24, 2.45) is 4.99 Å². The van der Waals surface area contributed by atoms with Crippen LogP contribution in [0.25, 0.3) is 0 Å². The molecule has 0 saturated heterocycles. The first-order valence-corrected chi connectivity index (χ1v) is 3.55. The number of nitrogens with zero attached hydrogens (tertiary/aromatic N) is 4. The van der Waals surface area contributed by atoms with E-state index in [-0.39, 0.29) is 0 Å². The summed E-state index contributed by atoms with van der Waals surface area (Å²) < 4.78 is 0. The molecular formula is C7H18N4. The van der Waals surface area contributed by atoms with Gasteiger partial charge in [0, 0.05) is 42.3 Å². The molecule has 0 aliphatic rings. The van der Waals surface area contributed by atoms with Crippen molar-refractivity contribution in [1.82, 2.24) is 14.9 Å². The summed E-state index contributed by atoms with van der Waals surface area (Å²) in [6.45, 7) is 0. The Bertz CT molecular complexity index is 139. The predicted molar refractivity (Wildman–Crippen MR) is 48.5 cm³/mol. The van der Waals surface area contributed by atoms with E-state index in [4.69, 9.17) is 0 Å². The Hall–Kier alpha value is -0.770. The van der Waals surface area contributed by atoms with Crippen LogP contribution in [0, 0.1) is 0 Å². The first kappa shape index (κ1) is 10.2. The van der Waals surface area contributed by atoms with E-state index in [1.165, 1.54) is 0 Å². The van der Waals surface area contributed by atoms with Crippen LogP contribution in [-0.4, -0.2) is 63.2 Å². The van der Waals surface area contributed by atoms with Crippen LogP contribution in [0.5, 0.6) is 0 Å². The molecule has 4 nitrogen and oxygen atoms in total. The van der Waals surface area contributed by atoms with Gasteiger partial charge in [-0.1, -0.05) is 0 Å². The van der Waals surface area contributed by atoms with Crippen molar-refractivity contribution in [2.75, 3.05) is 42.3 Å². The third-order valence-corrected chi connectivity index (χ3v) is 1.49. The quantitative estimate of drug-likeness (QED) is 0.303. The highest BCUT2D eigenvalue weighted by Gasteiger charge is 2.08. The van der Waals surface area contributed by atoms with Crippen molar-refractivity contribution in [3.05, 3.63) is 0 Å². The standard InChI is InChI=1S/C7H18N4/c1-8-7(9(2)3)11(6)10(4)5/h1-6H3. The van der Waals surface area contributed by atoms with E-state index in [2.05, 4.69) is 4.99 Å². The molecule has 0 unspecified atom stereocenters. The fraction of sp³-hybridized carbons (Fsp3) is 0.857. The van der Waals surface area contributed by atoms with Gasteiger partial charge in [0.1, 0.15) is 0 Å². The van der Waals surface area contributed by atoms with Crippen LogP contribution >= 0.6 is 0 Å². The van der Waals surface area contributed by atoms with Crippen molar-refractivity contribution in [3.8, 4) is 0 Å². The van der Waals surface area contributed by atoms with Gasteiger partial charge in [0.05, 0.1) is 0 Å². The monoisotopic (exact) mass is 158 g/mol. The van der Waals surface area contributed by atoms with Gasteiger partial charge in [-0.3, -0.25) is 10.0 Å². The lowest BCUT2D eigenvalue weighted by molar-refractivity contribution is 0.128. The van der Waals surface area contributed by atoms with E-state index < -0.39 is 0 Å². The summed E-state index contributed by atoms with van der Waals surface area (Å²) in [6.07, 6.45) is 0. The third kappa shape index (κ3) is 2.76. The van der Waals surface area contributed by atoms with Gasteiger partial charge in [0.15, 0.2) is 0 Å². The van der Waals surface area contributed by atoms with E-state index in [9.17, 15) is 0 Å². The van der Waals surface area contributed by atoms with E-state index in [1.807, 2.05) is 50.2 Å². The lowest BCUT2D eigenvalue weighted by Gasteiger charge is -2.30. The fourth-order valence-electron chi connectivity index (χ4n) is 0.813. The highest BCUT2D eigenvalue weighted by atomic mass is 15.6. The molecule has 0 aromatic carbocycles. The van der Waals surface area contributed by atoms with Crippen LogP contribution in [0.15, 0.2) is 4.99 Å². The van der Waals surface area contributed by atoms with Crippen molar-refractivity contribution in [2.45, 2.75) is 0 Å². The lowest BCUT2D eigenvalue weighted by atomic mass is 10.7. The van der Waals surface area contributed by atoms with Crippen LogP contribution in [0.1, 0.15) is 0 Å². The van der Waals surface area contributed by atoms with Gasteiger partial charge in [0.25, 0.3) is 0 Å². The van der Waals surface area contributed by atoms with Crippen LogP contribution in [0.3, 0.4) is 0 Å². The van der Waals surface area contributed by atoms with Crippen molar-refractivity contribution in [1.29, 1.82) is 0 Å². The minimum Gasteiger partial charge on any atom is -0.348 e. The second kappa shape index (κ2) is 4.18. The smallest absolute Gasteiger partial charge is 0.210 e. The zero-order valence-corrected chi connectivity index (χ0v) is 8.29. The molecular weight excluding hydrogens is 140 g/mol. The summed E-state index contributed by atoms with van der Waals surface area (Å²) in [5, 5.41) is 3.95. The minimum atomic E-state index is 0.940. The van der Waals surface area contributed by atoms with E-state index >= 15 is 0 Å². The molecule has 0 aromatic heterocycles. The summed E-state index contributed by atoms with van der Waals surface area (Å²) in [6, 6.07) is 0. The minimum absolute atomic E-state index is 0.940. The normalized spacial score (nSPS) is 12.1. The molecule has 0 N–H and O–H groups in total. The number of hydrogen-bond acceptors (Lipinski definition) is 2. The average molecular weight is 158 g/mol. The topological polar surface area (TPSA) is 22.1 Å². The first-order valence-electron chi connectivity index (χ1n) is 3.55. The zero-order chi connectivity index (χ0) is 9.02. The first-order chi connectivity index (χ1) is 5.00. The van der Waals surface area contributed by atoms with Gasteiger partial charge < -0.3 is 4.90 Å². The van der Waals surface area contributed by atoms with Gasteiger partial charge in [-0.05, 0) is 0 Å². The predicted octanol–water partition coefficient (Wildman–Crippen LogP) is -0.0578. The summed E-state index contributed by atoms with van der Waals surface area (Å²) in [7, 11) is 11.7. The van der Waals surface area contributed by atoms with Crippen molar-refractivity contribution in [3.63, 3.8) is 0 Å². The van der Waals surface area contributed by atoms with Crippen LogP contribution in [0.4, 0.5) is 0 Å². The molecule has 0 aliphatic carbocycles. The molecule has 0 atom stereocenters. The number of hydrazine groups is 1. The summed E-state index contributed by atoms with van der Waals surface area (Å²) in [5.41, 5.74) is 0. The summed E-state index contributed by atoms with van der Waals surface area (Å²) in [4.78, 5) is 6.11. The molecule has 0 aromatic rings. The molecule has 0 fully saturated rings. The van der Waals surface area contributed by atoms with E-state index in [0.717, 1.165) is 5.96 Å². The molecule has 0 heterocycles. The molecule has 66 valence electrons. The van der Waals surface area contributed by atoms with Gasteiger partial charge in [-0.15, -0.1) is 0 Å². The van der Waals surface area contributed by atoms with Crippen molar-refractivity contribution >= 4 is 5.96 Å². The highest BCUT2D eigenvalue weighted by molar-refractivity contribution is 5.78. The van der Waals surface area contributed by atoms with Crippen LogP contribution < -0.4 is 0 Å². The van der Waals surface area contributed by atoms with Gasteiger partial charge in [-0.2, -0.15) is 0 Å². The van der Waals surface area contributed by atoms with E-state index in [0.29, 0.717) is 0 Å². The maximum Gasteiger partial charge on any atom is 0.210 e. The Morgan fingerprint density at radius 3 is 1.55 bits per heavy atom. The van der Waals surface area contributed by atoms with Gasteiger partial charge in [0.2, 0.25) is 5.96 Å². The second-order valence-electron chi connectivity index (χ2n) is 2.79. The Kier molecular flexibility index (Phi) is 3.89. The summed E-state index contributed by atoms with van der Waals surface area (Å²) >= 11 is 0. The molecule has 0 saturated carbocycles. The second-order valence-corrected chi connectivity index (χ2v) is 2.79. The molecule has 11 heavy (non-hydrogen) atoms. The SMILES string of the molecule is CN=C(N(C)C)N(C)N(C)C. The fourth-order valence-corrected chi connectivity index (χ4v) is 0.813. The molecule has 0 radical (unpaired) electrons. The molecule has 0 amide bonds. The maximum absolute atomic E-state index is 4.14. The Morgan fingerprint density at radius 1 is 1.00 bits per heavy atom. The molecule has 4 heteroatoms. The summed E-state index contributed by atoms with van der Waals surface area (Å²) in [5.74, 6) is 0.940. The Labute approximate surface area is 69.1 Å². The molecule has 0 aliphatic heterocycles. The Balaban J connectivity index is 4.28. The van der Waals surface area contributed by atoms with Crippen LogP contribution in [-0.2, 0) is 0 Å². The van der Waals surface area contributed by atoms with Crippen LogP contribution in [0.2, 0.25) is 0 Å². The van der Waals surface area contributed by atoms with Gasteiger partial charge >= 0.3 is 0 Å². The molecule has 0 spiro atoms. The maximum atomic E-state index is 4.14. The number of rotatable bonds is 1. The van der Waals surface area contributed by atoms with Gasteiger partial charge in [-0.25, -0.2) is 5.01 Å². The Morgan fingerprint density at radius 2 is 1.45 bits per heavy atom.